The summed E-state index contributed by atoms with van der Waals surface area (Å²) < 4.78 is -0.336. The van der Waals surface area contributed by atoms with Gasteiger partial charge >= 0.3 is 0 Å². The largest absolute Gasteiger partial charge is 0.632 e. The molecule has 0 aliphatic rings. The van der Waals surface area contributed by atoms with Gasteiger partial charge in [0.2, 0.25) is 0 Å². The Hall–Kier alpha value is 0.01000. The van der Waals surface area contributed by atoms with Gasteiger partial charge in [0.25, 0.3) is 0 Å². The molecule has 16 heavy (non-hydrogen) atoms. The first-order valence-electron chi connectivity index (χ1n) is 4.93. The van der Waals surface area contributed by atoms with E-state index in [9.17, 15) is 5.21 Å². The van der Waals surface area contributed by atoms with Crippen LogP contribution in [0.2, 0.25) is 0 Å². The fraction of sp³-hybridized carbons (Fsp3) is 0.455. The molecule has 0 heterocycles. The molecule has 0 aliphatic carbocycles. The molecule has 1 aromatic rings. The van der Waals surface area contributed by atoms with Crippen molar-refractivity contribution in [2.24, 2.45) is 0 Å². The Balaban J connectivity index is 0.00000225. The van der Waals surface area contributed by atoms with Crippen LogP contribution in [-0.4, -0.2) is 29.5 Å². The Kier molecular flexibility index (Phi) is 8.16. The highest BCUT2D eigenvalue weighted by Gasteiger charge is 2.15. The fourth-order valence-electron chi connectivity index (χ4n) is 1.49. The summed E-state index contributed by atoms with van der Waals surface area (Å²) in [6.07, 6.45) is 0. The first-order valence-corrected chi connectivity index (χ1v) is 6.00. The van der Waals surface area contributed by atoms with Crippen LogP contribution in [0.4, 0.5) is 0 Å². The number of hydrogen-bond acceptors (Lipinski definition) is 1. The lowest BCUT2D eigenvalue weighted by Gasteiger charge is -2.42. The summed E-state index contributed by atoms with van der Waals surface area (Å²) in [6, 6.07) is 9.70. The molecular weight excluding hydrogens is 268 g/mol. The average molecular weight is 285 g/mol. The minimum atomic E-state index is -0.336. The van der Waals surface area contributed by atoms with Gasteiger partial charge < -0.3 is 9.85 Å². The van der Waals surface area contributed by atoms with Crippen LogP contribution in [0, 0.1) is 5.21 Å². The Labute approximate surface area is 113 Å². The maximum absolute atomic E-state index is 12.2. The van der Waals surface area contributed by atoms with Crippen molar-refractivity contribution in [3.8, 4) is 0 Å². The summed E-state index contributed by atoms with van der Waals surface area (Å²) in [5.41, 5.74) is 1.03. The van der Waals surface area contributed by atoms with Gasteiger partial charge in [-0.15, -0.1) is 35.6 Å². The normalized spacial score (nSPS) is 10.9. The van der Waals surface area contributed by atoms with E-state index >= 15 is 0 Å². The monoisotopic (exact) mass is 283 g/mol. The summed E-state index contributed by atoms with van der Waals surface area (Å²) in [5, 5.41) is 12.2. The number of benzene rings is 1. The van der Waals surface area contributed by atoms with Crippen LogP contribution in [0.15, 0.2) is 30.3 Å². The van der Waals surface area contributed by atoms with Gasteiger partial charge in [0.15, 0.2) is 0 Å². The Morgan fingerprint density at radius 3 is 1.94 bits per heavy atom. The van der Waals surface area contributed by atoms with Crippen LogP contribution in [0.25, 0.3) is 0 Å². The topological polar surface area (TPSA) is 23.1 Å². The van der Waals surface area contributed by atoms with Gasteiger partial charge in [0, 0.05) is 5.56 Å². The Bertz CT molecular complexity index is 276. The summed E-state index contributed by atoms with van der Waals surface area (Å²) in [4.78, 5) is 0. The predicted octanol–water partition coefficient (Wildman–Crippen LogP) is 3.40. The summed E-state index contributed by atoms with van der Waals surface area (Å²) in [5.74, 6) is 0.737. The lowest BCUT2D eigenvalue weighted by molar-refractivity contribution is -0.889. The van der Waals surface area contributed by atoms with Crippen molar-refractivity contribution >= 4 is 35.6 Å². The molecule has 0 bridgehead atoms. The lowest BCUT2D eigenvalue weighted by atomic mass is 10.2. The highest BCUT2D eigenvalue weighted by molar-refractivity contribution is 6.18. The molecule has 92 valence electrons. The molecule has 0 saturated heterocycles. The van der Waals surface area contributed by atoms with E-state index in [1.165, 1.54) is 0 Å². The molecule has 1 rings (SSSR count). The van der Waals surface area contributed by atoms with Crippen molar-refractivity contribution in [1.82, 2.24) is 0 Å². The summed E-state index contributed by atoms with van der Waals surface area (Å²) in [6.45, 7) is 1.26. The number of hydrogen-bond donors (Lipinski definition) is 0. The van der Waals surface area contributed by atoms with Crippen molar-refractivity contribution < 1.29 is 4.65 Å². The molecule has 0 fully saturated rings. The fourth-order valence-corrected chi connectivity index (χ4v) is 2.11. The maximum atomic E-state index is 12.2. The number of nitrogens with zero attached hydrogens (tertiary/aromatic N) is 1. The average Bonchev–Trinajstić information content (AvgIpc) is 2.19. The third kappa shape index (κ3) is 5.37. The molecule has 0 atom stereocenters. The number of hydroxylamine groups is 3. The van der Waals surface area contributed by atoms with E-state index in [0.717, 1.165) is 5.56 Å². The zero-order valence-corrected chi connectivity index (χ0v) is 11.3. The molecule has 1 aromatic carbocycles. The highest BCUT2D eigenvalue weighted by atomic mass is 35.5. The smallest absolute Gasteiger partial charge is 0.104 e. The number of rotatable bonds is 6. The molecule has 5 heteroatoms. The second-order valence-electron chi connectivity index (χ2n) is 3.53. The van der Waals surface area contributed by atoms with Gasteiger partial charge in [-0.1, -0.05) is 30.3 Å². The Morgan fingerprint density at radius 2 is 1.50 bits per heavy atom. The molecule has 0 amide bonds. The molecular formula is C11H16Cl3NO. The van der Waals surface area contributed by atoms with Crippen LogP contribution in [-0.2, 0) is 6.54 Å². The zero-order valence-electron chi connectivity index (χ0n) is 8.94. The van der Waals surface area contributed by atoms with Gasteiger partial charge in [0.05, 0.1) is 24.8 Å². The molecule has 0 aliphatic heterocycles. The summed E-state index contributed by atoms with van der Waals surface area (Å²) >= 11 is 11.3. The minimum Gasteiger partial charge on any atom is -0.632 e. The van der Waals surface area contributed by atoms with Crippen molar-refractivity contribution in [2.75, 3.05) is 24.8 Å². The van der Waals surface area contributed by atoms with Crippen LogP contribution >= 0.6 is 35.6 Å². The number of quaternary nitrogens is 1. The van der Waals surface area contributed by atoms with Crippen molar-refractivity contribution in [3.05, 3.63) is 41.1 Å². The summed E-state index contributed by atoms with van der Waals surface area (Å²) in [7, 11) is 0. The van der Waals surface area contributed by atoms with Gasteiger partial charge in [-0.05, 0) is 0 Å². The quantitative estimate of drug-likeness (QED) is 0.446. The second kappa shape index (κ2) is 8.15. The van der Waals surface area contributed by atoms with Crippen LogP contribution < -0.4 is 0 Å². The molecule has 0 N–H and O–H groups in total. The van der Waals surface area contributed by atoms with Gasteiger partial charge in [0.1, 0.15) is 6.54 Å². The van der Waals surface area contributed by atoms with Crippen LogP contribution in [0.5, 0.6) is 0 Å². The molecule has 0 radical (unpaired) electrons. The predicted molar refractivity (Wildman–Crippen MR) is 72.2 cm³/mol. The van der Waals surface area contributed by atoms with Gasteiger partial charge in [-0.2, -0.15) is 0 Å². The van der Waals surface area contributed by atoms with Gasteiger partial charge in [-0.25, -0.2) is 0 Å². The lowest BCUT2D eigenvalue weighted by Crippen LogP contribution is -2.44. The first kappa shape index (κ1) is 16.0. The third-order valence-electron chi connectivity index (χ3n) is 2.30. The van der Waals surface area contributed by atoms with Crippen molar-refractivity contribution in [3.63, 3.8) is 0 Å². The molecule has 2 nitrogen and oxygen atoms in total. The first-order chi connectivity index (χ1) is 7.20. The Morgan fingerprint density at radius 1 is 1.00 bits per heavy atom. The van der Waals surface area contributed by atoms with E-state index in [4.69, 9.17) is 23.2 Å². The van der Waals surface area contributed by atoms with E-state index < -0.39 is 0 Å². The molecule has 0 saturated carbocycles. The second-order valence-corrected chi connectivity index (χ2v) is 4.28. The van der Waals surface area contributed by atoms with Gasteiger partial charge in [-0.3, -0.25) is 0 Å². The molecule has 0 unspecified atom stereocenters. The van der Waals surface area contributed by atoms with E-state index in [0.29, 0.717) is 31.4 Å². The number of halogens is 3. The van der Waals surface area contributed by atoms with Crippen LogP contribution in [0.3, 0.4) is 0 Å². The van der Waals surface area contributed by atoms with E-state index in [2.05, 4.69) is 0 Å². The minimum absolute atomic E-state index is 0. The van der Waals surface area contributed by atoms with Crippen molar-refractivity contribution in [2.45, 2.75) is 6.54 Å². The standard InChI is InChI=1S/C11H15Cl2NO.ClH/c12-6-8-14(15,9-7-13)10-11-4-2-1-3-5-11;/h1-5H,6-10H2;1H. The molecule has 0 spiro atoms. The third-order valence-corrected chi connectivity index (χ3v) is 2.64. The molecule has 0 aromatic heterocycles. The van der Waals surface area contributed by atoms with E-state index in [1.807, 2.05) is 30.3 Å². The number of alkyl halides is 2. The van der Waals surface area contributed by atoms with Crippen molar-refractivity contribution in [1.29, 1.82) is 0 Å². The maximum Gasteiger partial charge on any atom is 0.104 e. The SMILES string of the molecule is Cl.[O-][N+](CCCl)(CCCl)Cc1ccccc1. The van der Waals surface area contributed by atoms with Crippen LogP contribution in [0.1, 0.15) is 5.56 Å². The zero-order chi connectivity index (χ0) is 11.1. The van der Waals surface area contributed by atoms with E-state index in [-0.39, 0.29) is 17.1 Å². The highest BCUT2D eigenvalue weighted by Crippen LogP contribution is 2.13. The van der Waals surface area contributed by atoms with E-state index in [1.54, 1.807) is 0 Å².